The number of rotatable bonds is 7. The van der Waals surface area contributed by atoms with Crippen LogP contribution in [0, 0.1) is 18.4 Å². The zero-order valence-electron chi connectivity index (χ0n) is 18.0. The van der Waals surface area contributed by atoms with Gasteiger partial charge in [0.05, 0.1) is 28.7 Å². The Morgan fingerprint density at radius 1 is 1.21 bits per heavy atom. The largest absolute Gasteiger partial charge is 0.746 e. The predicted molar refractivity (Wildman–Crippen MR) is 109 cm³/mol. The van der Waals surface area contributed by atoms with Crippen molar-refractivity contribution in [2.75, 3.05) is 0 Å². The van der Waals surface area contributed by atoms with Crippen LogP contribution in [0.2, 0.25) is 0 Å². The maximum atomic E-state index is 13.5. The van der Waals surface area contributed by atoms with Crippen LogP contribution in [-0.2, 0) is 29.2 Å². The molecule has 0 aromatic heterocycles. The number of amides is 1. The van der Waals surface area contributed by atoms with Gasteiger partial charge in [0.1, 0.15) is 16.2 Å². The molecular formula is C20H19F2NO8RfS2-2. The van der Waals surface area contributed by atoms with Crippen LogP contribution in [0.5, 0.6) is 0 Å². The van der Waals surface area contributed by atoms with Crippen LogP contribution >= 0.6 is 11.8 Å². The third kappa shape index (κ3) is 3.86. The average molecular weight is 771 g/mol. The molecule has 34 heavy (non-hydrogen) atoms. The number of halogens is 2. The Morgan fingerprint density at radius 2 is 1.82 bits per heavy atom. The van der Waals surface area contributed by atoms with Gasteiger partial charge in [-0.05, 0) is 26.0 Å². The van der Waals surface area contributed by atoms with Crippen LogP contribution in [-0.4, -0.2) is 69.7 Å². The first-order valence-electron chi connectivity index (χ1n) is 9.97. The molecule has 1 amide bonds. The topological polar surface area (TPSA) is 130 Å². The van der Waals surface area contributed by atoms with Crippen LogP contribution in [0.1, 0.15) is 24.2 Å². The molecule has 182 valence electrons. The summed E-state index contributed by atoms with van der Waals surface area (Å²) in [5.74, 6) is -4.53. The second-order valence-corrected chi connectivity index (χ2v) is 11.1. The minimum atomic E-state index is -6.10. The van der Waals surface area contributed by atoms with Crippen molar-refractivity contribution in [2.45, 2.75) is 47.8 Å². The summed E-state index contributed by atoms with van der Waals surface area (Å²) in [6.07, 6.45) is -0.917. The Bertz CT molecular complexity index is 1090. The molecule has 14 heteroatoms. The van der Waals surface area contributed by atoms with E-state index in [0.29, 0.717) is 0 Å². The molecule has 3 aliphatic rings. The summed E-state index contributed by atoms with van der Waals surface area (Å²) in [5.41, 5.74) is 0.259. The Balaban J connectivity index is 0.00000324. The normalized spacial score (nSPS) is 29.8. The third-order valence-electron chi connectivity index (χ3n) is 5.99. The van der Waals surface area contributed by atoms with Crippen molar-refractivity contribution in [3.63, 3.8) is 0 Å². The molecule has 6 atom stereocenters. The molecule has 3 aliphatic heterocycles. The van der Waals surface area contributed by atoms with Gasteiger partial charge < -0.3 is 18.9 Å². The zero-order chi connectivity index (χ0) is 24.3. The number of fused-ring (bicyclic) bond motifs is 1. The second kappa shape index (κ2) is 8.51. The number of hydrogen-bond acceptors (Lipinski definition) is 9. The number of carbonyl (C=O) groups is 3. The second-order valence-electron chi connectivity index (χ2n) is 8.25. The first-order valence-corrected chi connectivity index (χ1v) is 12.3. The van der Waals surface area contributed by atoms with Crippen molar-refractivity contribution < 1.29 is 45.6 Å². The first-order chi connectivity index (χ1) is 15.3. The summed E-state index contributed by atoms with van der Waals surface area (Å²) < 4.78 is 69.0. The number of benzene rings is 1. The molecule has 3 heterocycles. The molecule has 0 spiro atoms. The zero-order valence-corrected chi connectivity index (χ0v) is 26.0. The maximum Gasteiger partial charge on any atom is 0.338 e. The Labute approximate surface area is 192 Å². The van der Waals surface area contributed by atoms with E-state index in [1.54, 1.807) is 32.0 Å². The van der Waals surface area contributed by atoms with Gasteiger partial charge in [0, 0.05) is 11.3 Å². The molecule has 1 aromatic carbocycles. The van der Waals surface area contributed by atoms with E-state index in [1.165, 1.54) is 28.8 Å². The Kier molecular flexibility index (Phi) is 6.35. The van der Waals surface area contributed by atoms with E-state index >= 15 is 0 Å². The average Bonchev–Trinajstić information content (AvgIpc) is 3.34. The maximum absolute atomic E-state index is 13.5. The van der Waals surface area contributed by atoms with E-state index in [1.807, 2.05) is 0 Å². The molecule has 3 saturated heterocycles. The van der Waals surface area contributed by atoms with Crippen LogP contribution < -0.4 is 0 Å². The number of carbonyl (C=O) groups excluding carboxylic acids is 3. The molecule has 0 aliphatic carbocycles. The number of likely N-dealkylation sites (tertiary alicyclic amines) is 1. The molecule has 0 saturated carbocycles. The van der Waals surface area contributed by atoms with Crippen LogP contribution in [0.4, 0.5) is 8.78 Å². The van der Waals surface area contributed by atoms with Gasteiger partial charge in [-0.25, -0.2) is 22.0 Å². The molecule has 3 fully saturated rings. The number of nitrogens with zero attached hydrogens (tertiary/aromatic N) is 1. The number of ether oxygens (including phenoxy) is 2. The van der Waals surface area contributed by atoms with E-state index < -0.39 is 74.3 Å². The number of hydrogen-bond donors (Lipinski definition) is 0. The van der Waals surface area contributed by atoms with E-state index in [9.17, 15) is 36.1 Å². The van der Waals surface area contributed by atoms with E-state index in [2.05, 4.69) is 4.74 Å². The smallest absolute Gasteiger partial charge is 0.338 e. The van der Waals surface area contributed by atoms with Crippen molar-refractivity contribution in [1.82, 2.24) is 4.90 Å². The van der Waals surface area contributed by atoms with E-state index in [0.717, 1.165) is 0 Å². The van der Waals surface area contributed by atoms with E-state index in [-0.39, 0.29) is 11.6 Å². The van der Waals surface area contributed by atoms with Gasteiger partial charge in [-0.2, -0.15) is 0 Å². The summed E-state index contributed by atoms with van der Waals surface area (Å²) in [7, 11) is -6.10. The van der Waals surface area contributed by atoms with Crippen LogP contribution in [0.25, 0.3) is 0 Å². The van der Waals surface area contributed by atoms with Gasteiger partial charge in [0.25, 0.3) is 11.2 Å². The van der Waals surface area contributed by atoms with Crippen LogP contribution in [0.15, 0.2) is 30.3 Å². The molecule has 2 bridgehead atoms. The molecule has 4 rings (SSSR count). The molecule has 0 radical (unpaired) electrons. The van der Waals surface area contributed by atoms with E-state index in [4.69, 9.17) is 4.74 Å². The van der Waals surface area contributed by atoms with Crippen molar-refractivity contribution in [3.8, 4) is 0 Å². The fourth-order valence-corrected chi connectivity index (χ4v) is 6.94. The summed E-state index contributed by atoms with van der Waals surface area (Å²) in [6.45, 7) is 2.89. The predicted octanol–water partition coefficient (Wildman–Crippen LogP) is 1.40. The number of esters is 2. The third-order valence-corrected chi connectivity index (χ3v) is 8.52. The molecule has 6 unspecified atom stereocenters. The molecule has 1 aromatic rings. The van der Waals surface area contributed by atoms with Gasteiger partial charge in [-0.1, -0.05) is 24.8 Å². The van der Waals surface area contributed by atoms with Crippen molar-refractivity contribution >= 4 is 39.7 Å². The monoisotopic (exact) mass is 770 g/mol. The van der Waals surface area contributed by atoms with Crippen molar-refractivity contribution in [1.29, 1.82) is 0 Å². The summed E-state index contributed by atoms with van der Waals surface area (Å²) in [5, 5.41) is -6.15. The summed E-state index contributed by atoms with van der Waals surface area (Å²) in [6, 6.07) is 7.27. The van der Waals surface area contributed by atoms with Crippen molar-refractivity contribution in [3.05, 3.63) is 42.5 Å². The molecule has 0 N–H and O–H groups in total. The SMILES string of the molecule is CC(C)N1C(=O)C2C3SC(C(OC(=O)c4ccccc4)C31)C2C(=O)O[CH-]C(F)(F)S(=O)(=O)[O-].[Rf]. The number of thioether (sulfide) groups is 1. The summed E-state index contributed by atoms with van der Waals surface area (Å²) >= 11 is 1.23. The minimum absolute atomic E-state index is 0. The fourth-order valence-electron chi connectivity index (χ4n) is 4.69. The Hall–Kier alpha value is -3.25. The van der Waals surface area contributed by atoms with Gasteiger partial charge in [-0.15, -0.1) is 11.8 Å². The fraction of sp³-hybridized carbons (Fsp3) is 0.500. The van der Waals surface area contributed by atoms with Gasteiger partial charge >= 0.3 is 5.97 Å². The molecule has 9 nitrogen and oxygen atoms in total. The Morgan fingerprint density at radius 3 is 2.38 bits per heavy atom. The quantitative estimate of drug-likeness (QED) is 0.230. The summed E-state index contributed by atoms with van der Waals surface area (Å²) in [4.78, 5) is 40.0. The minimum Gasteiger partial charge on any atom is -0.746 e. The van der Waals surface area contributed by atoms with Gasteiger partial charge in [0.2, 0.25) is 5.91 Å². The van der Waals surface area contributed by atoms with Gasteiger partial charge in [-0.3, -0.25) is 9.59 Å². The van der Waals surface area contributed by atoms with Crippen molar-refractivity contribution in [2.24, 2.45) is 11.8 Å². The van der Waals surface area contributed by atoms with Gasteiger partial charge in [0.15, 0.2) is 0 Å². The standard InChI is InChI=1S/C20H20F2NO8S2.Rf/c1-9(2)23-13-14(31-18(25)10-6-4-3-5-7-10)16-12(11(17(23)24)15(13)32-16)19(26)30-8-20(21,22)33(27,28)29;/h3-9,11-16H,1-2H3,(H,27,28,29);/q-1;/p-1. The molecular weight excluding hydrogens is 751 g/mol. The van der Waals surface area contributed by atoms with Crippen LogP contribution in [0.3, 0.4) is 0 Å². The first kappa shape index (κ1) is 25.4. The number of alkyl halides is 2.